The summed E-state index contributed by atoms with van der Waals surface area (Å²) < 4.78 is 10.0. The number of ether oxygens (including phenoxy) is 2. The van der Waals surface area contributed by atoms with E-state index >= 15 is 0 Å². The number of nitrogens with zero attached hydrogens (tertiary/aromatic N) is 3. The molecule has 0 saturated carbocycles. The second-order valence-corrected chi connectivity index (χ2v) is 2.73. The topological polar surface area (TPSA) is 56.6 Å². The third-order valence-electron chi connectivity index (χ3n) is 1.37. The minimum atomic E-state index is 0.238. The zero-order valence-corrected chi connectivity index (χ0v) is 8.49. The Balaban J connectivity index is 2.68. The summed E-state index contributed by atoms with van der Waals surface area (Å²) in [5, 5.41) is 0.341. The van der Waals surface area contributed by atoms with Crippen LogP contribution in [0.25, 0.3) is 0 Å². The van der Waals surface area contributed by atoms with Crippen LogP contribution >= 0.6 is 11.6 Å². The van der Waals surface area contributed by atoms with Crippen LogP contribution in [-0.2, 0) is 4.74 Å². The summed E-state index contributed by atoms with van der Waals surface area (Å²) in [6.07, 6.45) is 1.42. The van der Waals surface area contributed by atoms with Gasteiger partial charge in [0.1, 0.15) is 11.6 Å². The maximum Gasteiger partial charge on any atom is 0.252 e. The van der Waals surface area contributed by atoms with Gasteiger partial charge in [-0.1, -0.05) is 11.6 Å². The number of aromatic nitrogens is 2. The standard InChI is InChI=1S/C8H10ClN3O2/c1-10-8-11-5-6(9)7(12-8)14-4-3-13-2/h5H,1,3-4H2,2H3. The zero-order valence-electron chi connectivity index (χ0n) is 7.73. The molecule has 0 fully saturated rings. The Bertz CT molecular complexity index is 319. The fraction of sp³-hybridized carbons (Fsp3) is 0.375. The van der Waals surface area contributed by atoms with Crippen LogP contribution in [0.2, 0.25) is 5.02 Å². The van der Waals surface area contributed by atoms with Crippen molar-refractivity contribution in [1.29, 1.82) is 0 Å². The van der Waals surface area contributed by atoms with Crippen LogP contribution < -0.4 is 4.74 Å². The second kappa shape index (κ2) is 5.51. The molecule has 1 rings (SSSR count). The van der Waals surface area contributed by atoms with E-state index in [1.807, 2.05) is 0 Å². The van der Waals surface area contributed by atoms with Crippen molar-refractivity contribution in [3.63, 3.8) is 0 Å². The summed E-state index contributed by atoms with van der Waals surface area (Å²) in [5.41, 5.74) is 0. The molecule has 0 bridgehead atoms. The quantitative estimate of drug-likeness (QED) is 0.552. The SMILES string of the molecule is C=Nc1ncc(Cl)c(OCCOC)n1. The Morgan fingerprint density at radius 2 is 2.36 bits per heavy atom. The van der Waals surface area contributed by atoms with Gasteiger partial charge >= 0.3 is 0 Å². The van der Waals surface area contributed by atoms with E-state index in [0.717, 1.165) is 0 Å². The molecule has 5 nitrogen and oxygen atoms in total. The minimum Gasteiger partial charge on any atom is -0.474 e. The predicted molar refractivity (Wildman–Crippen MR) is 53.6 cm³/mol. The molecule has 0 amide bonds. The second-order valence-electron chi connectivity index (χ2n) is 2.32. The number of methoxy groups -OCH3 is 1. The van der Waals surface area contributed by atoms with Crippen LogP contribution in [-0.4, -0.2) is 37.0 Å². The normalized spacial score (nSPS) is 9.86. The van der Waals surface area contributed by atoms with Crippen molar-refractivity contribution in [2.24, 2.45) is 4.99 Å². The van der Waals surface area contributed by atoms with E-state index in [-0.39, 0.29) is 5.95 Å². The molecule has 0 aliphatic carbocycles. The number of hydrogen-bond acceptors (Lipinski definition) is 5. The molecule has 14 heavy (non-hydrogen) atoms. The van der Waals surface area contributed by atoms with Crippen LogP contribution in [0.15, 0.2) is 11.2 Å². The fourth-order valence-corrected chi connectivity index (χ4v) is 0.887. The number of hydrogen-bond donors (Lipinski definition) is 0. The molecule has 76 valence electrons. The largest absolute Gasteiger partial charge is 0.474 e. The van der Waals surface area contributed by atoms with E-state index in [4.69, 9.17) is 21.1 Å². The van der Waals surface area contributed by atoms with E-state index in [1.165, 1.54) is 6.20 Å². The van der Waals surface area contributed by atoms with Crippen molar-refractivity contribution in [2.45, 2.75) is 0 Å². The highest BCUT2D eigenvalue weighted by atomic mass is 35.5. The first-order valence-electron chi connectivity index (χ1n) is 3.89. The molecular weight excluding hydrogens is 206 g/mol. The molecule has 1 aromatic rings. The van der Waals surface area contributed by atoms with Crippen LogP contribution in [0.1, 0.15) is 0 Å². The van der Waals surface area contributed by atoms with Crippen LogP contribution in [0, 0.1) is 0 Å². The molecule has 0 spiro atoms. The van der Waals surface area contributed by atoms with E-state index in [9.17, 15) is 0 Å². The van der Waals surface area contributed by atoms with Crippen molar-refractivity contribution in [1.82, 2.24) is 9.97 Å². The first-order chi connectivity index (χ1) is 6.77. The van der Waals surface area contributed by atoms with Crippen LogP contribution in [0.5, 0.6) is 5.88 Å². The van der Waals surface area contributed by atoms with E-state index in [2.05, 4.69) is 21.7 Å². The Morgan fingerprint density at radius 3 is 3.00 bits per heavy atom. The molecule has 0 aromatic carbocycles. The summed E-state index contributed by atoms with van der Waals surface area (Å²) in [6, 6.07) is 0. The Labute approximate surface area is 86.8 Å². The summed E-state index contributed by atoms with van der Waals surface area (Å²) in [6.45, 7) is 4.15. The highest BCUT2D eigenvalue weighted by Gasteiger charge is 2.05. The first kappa shape index (κ1) is 10.9. The molecule has 0 aliphatic heterocycles. The number of rotatable bonds is 5. The van der Waals surface area contributed by atoms with Gasteiger partial charge in [-0.2, -0.15) is 4.98 Å². The average Bonchev–Trinajstić information content (AvgIpc) is 2.21. The minimum absolute atomic E-state index is 0.238. The van der Waals surface area contributed by atoms with E-state index < -0.39 is 0 Å². The van der Waals surface area contributed by atoms with Crippen LogP contribution in [0.3, 0.4) is 0 Å². The van der Waals surface area contributed by atoms with Gasteiger partial charge in [0, 0.05) is 7.11 Å². The summed E-state index contributed by atoms with van der Waals surface area (Å²) in [4.78, 5) is 11.3. The van der Waals surface area contributed by atoms with Crippen LogP contribution in [0.4, 0.5) is 5.95 Å². The molecule has 0 atom stereocenters. The molecule has 0 saturated heterocycles. The summed E-state index contributed by atoms with van der Waals surface area (Å²) >= 11 is 5.78. The Kier molecular flexibility index (Phi) is 4.28. The van der Waals surface area contributed by atoms with Gasteiger partial charge in [0.15, 0.2) is 0 Å². The van der Waals surface area contributed by atoms with Crippen molar-refractivity contribution in [3.8, 4) is 5.88 Å². The zero-order chi connectivity index (χ0) is 10.4. The number of halogens is 1. The number of aliphatic imine (C=N–C) groups is 1. The molecule has 1 aromatic heterocycles. The lowest BCUT2D eigenvalue weighted by atomic mass is 10.6. The summed E-state index contributed by atoms with van der Waals surface area (Å²) in [7, 11) is 1.58. The third kappa shape index (κ3) is 2.93. The van der Waals surface area contributed by atoms with Gasteiger partial charge in [-0.25, -0.2) is 9.98 Å². The van der Waals surface area contributed by atoms with Gasteiger partial charge in [0.2, 0.25) is 5.88 Å². The van der Waals surface area contributed by atoms with Gasteiger partial charge in [0.25, 0.3) is 5.95 Å². The lowest BCUT2D eigenvalue weighted by Gasteiger charge is -2.05. The van der Waals surface area contributed by atoms with Crippen molar-refractivity contribution >= 4 is 24.3 Å². The molecule has 1 heterocycles. The third-order valence-corrected chi connectivity index (χ3v) is 1.63. The smallest absolute Gasteiger partial charge is 0.252 e. The lowest BCUT2D eigenvalue weighted by molar-refractivity contribution is 0.144. The van der Waals surface area contributed by atoms with Gasteiger partial charge in [0.05, 0.1) is 12.8 Å². The molecular formula is C8H10ClN3O2. The highest BCUT2D eigenvalue weighted by Crippen LogP contribution is 2.22. The molecule has 0 unspecified atom stereocenters. The molecule has 0 aliphatic rings. The molecule has 0 N–H and O–H groups in total. The Morgan fingerprint density at radius 1 is 1.57 bits per heavy atom. The van der Waals surface area contributed by atoms with Gasteiger partial charge in [-0.3, -0.25) is 0 Å². The van der Waals surface area contributed by atoms with Crippen molar-refractivity contribution < 1.29 is 9.47 Å². The van der Waals surface area contributed by atoms with E-state index in [1.54, 1.807) is 7.11 Å². The predicted octanol–water partition coefficient (Wildman–Crippen LogP) is 1.49. The van der Waals surface area contributed by atoms with Gasteiger partial charge in [-0.05, 0) is 6.72 Å². The first-order valence-corrected chi connectivity index (χ1v) is 4.26. The summed E-state index contributed by atoms with van der Waals surface area (Å²) in [5.74, 6) is 0.530. The maximum atomic E-state index is 5.78. The molecule has 6 heteroatoms. The monoisotopic (exact) mass is 215 g/mol. The Hall–Kier alpha value is -1.20. The maximum absolute atomic E-state index is 5.78. The van der Waals surface area contributed by atoms with E-state index in [0.29, 0.717) is 24.1 Å². The lowest BCUT2D eigenvalue weighted by Crippen LogP contribution is -2.05. The van der Waals surface area contributed by atoms with Crippen molar-refractivity contribution in [3.05, 3.63) is 11.2 Å². The van der Waals surface area contributed by atoms with Crippen molar-refractivity contribution in [2.75, 3.05) is 20.3 Å². The highest BCUT2D eigenvalue weighted by molar-refractivity contribution is 6.31. The molecule has 0 radical (unpaired) electrons. The average molecular weight is 216 g/mol. The fourth-order valence-electron chi connectivity index (χ4n) is 0.742. The van der Waals surface area contributed by atoms with Gasteiger partial charge < -0.3 is 9.47 Å². The van der Waals surface area contributed by atoms with Gasteiger partial charge in [-0.15, -0.1) is 0 Å².